The SMILES string of the molecule is CC1C(C(C)(C)O)OC2CCC3(C)C(CC4Cc5c([nH]c6ccccc56)C43C)C23OC13. The predicted molar refractivity (Wildman–Crippen MR) is 120 cm³/mol. The van der Waals surface area contributed by atoms with Gasteiger partial charge >= 0.3 is 0 Å². The summed E-state index contributed by atoms with van der Waals surface area (Å²) in [5, 5.41) is 12.2. The summed E-state index contributed by atoms with van der Waals surface area (Å²) in [6.07, 6.45) is 4.77. The van der Waals surface area contributed by atoms with Crippen molar-refractivity contribution in [2.45, 2.75) is 95.2 Å². The van der Waals surface area contributed by atoms with Crippen molar-refractivity contribution in [3.05, 3.63) is 35.5 Å². The number of para-hydroxylation sites is 1. The second-order valence-corrected chi connectivity index (χ2v) is 12.3. The van der Waals surface area contributed by atoms with Crippen LogP contribution in [0.3, 0.4) is 0 Å². The molecule has 3 aliphatic carbocycles. The minimum Gasteiger partial charge on any atom is -0.388 e. The molecule has 166 valence electrons. The number of fused-ring (bicyclic) bond motifs is 7. The van der Waals surface area contributed by atoms with Crippen LogP contribution in [0.2, 0.25) is 0 Å². The average molecular weight is 422 g/mol. The highest BCUT2D eigenvalue weighted by Gasteiger charge is 2.81. The van der Waals surface area contributed by atoms with Crippen molar-refractivity contribution in [2.24, 2.45) is 23.2 Å². The molecule has 4 heteroatoms. The van der Waals surface area contributed by atoms with Crippen LogP contribution in [-0.4, -0.2) is 39.6 Å². The van der Waals surface area contributed by atoms with Gasteiger partial charge in [-0.1, -0.05) is 39.0 Å². The number of benzene rings is 1. The van der Waals surface area contributed by atoms with Gasteiger partial charge in [-0.15, -0.1) is 0 Å². The molecule has 4 nitrogen and oxygen atoms in total. The van der Waals surface area contributed by atoms with Gasteiger partial charge < -0.3 is 19.6 Å². The van der Waals surface area contributed by atoms with Crippen molar-refractivity contribution in [1.29, 1.82) is 0 Å². The molecule has 9 unspecified atom stereocenters. The number of nitrogens with one attached hydrogen (secondary N) is 1. The molecule has 2 N–H and O–H groups in total. The Morgan fingerprint density at radius 1 is 1.19 bits per heavy atom. The Morgan fingerprint density at radius 2 is 1.97 bits per heavy atom. The van der Waals surface area contributed by atoms with Gasteiger partial charge in [0.25, 0.3) is 0 Å². The maximum atomic E-state index is 10.7. The first-order valence-electron chi connectivity index (χ1n) is 12.3. The third-order valence-electron chi connectivity index (χ3n) is 10.7. The van der Waals surface area contributed by atoms with Gasteiger partial charge in [0.15, 0.2) is 0 Å². The second-order valence-electron chi connectivity index (χ2n) is 12.3. The highest BCUT2D eigenvalue weighted by molar-refractivity contribution is 5.86. The number of ether oxygens (including phenoxy) is 2. The van der Waals surface area contributed by atoms with Gasteiger partial charge in [-0.3, -0.25) is 0 Å². The third-order valence-corrected chi connectivity index (χ3v) is 10.7. The Kier molecular flexibility index (Phi) is 3.34. The van der Waals surface area contributed by atoms with E-state index in [0.29, 0.717) is 11.8 Å². The van der Waals surface area contributed by atoms with Crippen LogP contribution in [0.25, 0.3) is 10.9 Å². The molecule has 1 aromatic heterocycles. The van der Waals surface area contributed by atoms with E-state index in [1.807, 2.05) is 13.8 Å². The number of rotatable bonds is 1. The molecule has 5 aliphatic rings. The van der Waals surface area contributed by atoms with Crippen LogP contribution in [0, 0.1) is 23.2 Å². The fourth-order valence-electron chi connectivity index (χ4n) is 9.17. The normalized spacial score (nSPS) is 49.9. The maximum absolute atomic E-state index is 10.7. The second kappa shape index (κ2) is 5.40. The Balaban J connectivity index is 1.32. The molecule has 1 spiro atoms. The van der Waals surface area contributed by atoms with Crippen LogP contribution in [0.1, 0.15) is 65.1 Å². The fourth-order valence-corrected chi connectivity index (χ4v) is 9.17. The lowest BCUT2D eigenvalue weighted by Crippen LogP contribution is -2.62. The summed E-state index contributed by atoms with van der Waals surface area (Å²) in [7, 11) is 0. The van der Waals surface area contributed by atoms with E-state index in [1.54, 1.807) is 5.56 Å². The summed E-state index contributed by atoms with van der Waals surface area (Å²) < 4.78 is 13.4. The van der Waals surface area contributed by atoms with Gasteiger partial charge in [-0.25, -0.2) is 0 Å². The maximum Gasteiger partial charge on any atom is 0.124 e. The molecule has 2 aromatic rings. The molecular weight excluding hydrogens is 386 g/mol. The summed E-state index contributed by atoms with van der Waals surface area (Å²) in [4.78, 5) is 3.87. The van der Waals surface area contributed by atoms with Crippen LogP contribution in [0.4, 0.5) is 0 Å². The first kappa shape index (κ1) is 19.1. The molecule has 1 aromatic carbocycles. The van der Waals surface area contributed by atoms with Crippen LogP contribution in [0.5, 0.6) is 0 Å². The van der Waals surface area contributed by atoms with Crippen molar-refractivity contribution < 1.29 is 14.6 Å². The monoisotopic (exact) mass is 421 g/mol. The Labute approximate surface area is 184 Å². The largest absolute Gasteiger partial charge is 0.388 e. The minimum absolute atomic E-state index is 0.118. The number of aromatic amines is 1. The lowest BCUT2D eigenvalue weighted by molar-refractivity contribution is -0.195. The molecule has 0 radical (unpaired) electrons. The lowest BCUT2D eigenvalue weighted by Gasteiger charge is -2.54. The van der Waals surface area contributed by atoms with Gasteiger partial charge in [-0.2, -0.15) is 0 Å². The van der Waals surface area contributed by atoms with E-state index in [0.717, 1.165) is 12.8 Å². The van der Waals surface area contributed by atoms with Gasteiger partial charge in [0.1, 0.15) is 5.60 Å². The number of H-pyrrole nitrogens is 1. The molecule has 2 saturated heterocycles. The van der Waals surface area contributed by atoms with Crippen molar-refractivity contribution in [3.8, 4) is 0 Å². The van der Waals surface area contributed by atoms with Crippen LogP contribution in [0.15, 0.2) is 24.3 Å². The molecule has 2 saturated carbocycles. The zero-order valence-electron chi connectivity index (χ0n) is 19.4. The van der Waals surface area contributed by atoms with Gasteiger partial charge in [-0.05, 0) is 68.4 Å². The Morgan fingerprint density at radius 3 is 2.74 bits per heavy atom. The van der Waals surface area contributed by atoms with Crippen molar-refractivity contribution in [2.75, 3.05) is 0 Å². The van der Waals surface area contributed by atoms with E-state index in [2.05, 4.69) is 50.0 Å². The first-order valence-corrected chi connectivity index (χ1v) is 12.3. The predicted octanol–water partition coefficient (Wildman–Crippen LogP) is 4.73. The molecule has 31 heavy (non-hydrogen) atoms. The van der Waals surface area contributed by atoms with E-state index < -0.39 is 5.60 Å². The molecule has 9 atom stereocenters. The van der Waals surface area contributed by atoms with Crippen molar-refractivity contribution in [3.63, 3.8) is 0 Å². The van der Waals surface area contributed by atoms with Crippen LogP contribution >= 0.6 is 0 Å². The fraction of sp³-hybridized carbons (Fsp3) is 0.704. The minimum atomic E-state index is -0.838. The summed E-state index contributed by atoms with van der Waals surface area (Å²) in [6.45, 7) is 11.1. The van der Waals surface area contributed by atoms with Crippen LogP contribution in [-0.2, 0) is 21.3 Å². The number of hydrogen-bond acceptors (Lipinski definition) is 3. The van der Waals surface area contributed by atoms with Gasteiger partial charge in [0.2, 0.25) is 0 Å². The number of epoxide rings is 1. The lowest BCUT2D eigenvalue weighted by atomic mass is 9.52. The Bertz CT molecular complexity index is 1100. The molecule has 2 aliphatic heterocycles. The van der Waals surface area contributed by atoms with E-state index in [-0.39, 0.29) is 40.7 Å². The number of hydrogen-bond donors (Lipinski definition) is 2. The average Bonchev–Trinajstić information content (AvgIpc) is 3.18. The Hall–Kier alpha value is -1.36. The summed E-state index contributed by atoms with van der Waals surface area (Å²) in [6, 6.07) is 8.82. The molecule has 3 heterocycles. The highest BCUT2D eigenvalue weighted by atomic mass is 16.7. The van der Waals surface area contributed by atoms with Gasteiger partial charge in [0.05, 0.1) is 23.9 Å². The third kappa shape index (κ3) is 1.97. The van der Waals surface area contributed by atoms with E-state index in [1.165, 1.54) is 29.4 Å². The van der Waals surface area contributed by atoms with Crippen molar-refractivity contribution in [1.82, 2.24) is 4.98 Å². The number of aromatic nitrogens is 1. The highest BCUT2D eigenvalue weighted by Crippen LogP contribution is 2.76. The first-order chi connectivity index (χ1) is 14.6. The summed E-state index contributed by atoms with van der Waals surface area (Å²) >= 11 is 0. The smallest absolute Gasteiger partial charge is 0.124 e. The quantitative estimate of drug-likeness (QED) is 0.655. The van der Waals surface area contributed by atoms with E-state index in [9.17, 15) is 5.11 Å². The number of aliphatic hydroxyl groups is 1. The van der Waals surface area contributed by atoms with Gasteiger partial charge in [0, 0.05) is 27.9 Å². The molecular formula is C27H35NO3. The molecule has 0 bridgehead atoms. The summed E-state index contributed by atoms with van der Waals surface area (Å²) in [5.41, 5.74) is 3.71. The molecule has 7 rings (SSSR count). The van der Waals surface area contributed by atoms with Crippen LogP contribution < -0.4 is 0 Å². The van der Waals surface area contributed by atoms with E-state index >= 15 is 0 Å². The zero-order valence-corrected chi connectivity index (χ0v) is 19.4. The van der Waals surface area contributed by atoms with E-state index in [4.69, 9.17) is 9.47 Å². The van der Waals surface area contributed by atoms with Crippen molar-refractivity contribution >= 4 is 10.9 Å². The molecule has 4 fully saturated rings. The standard InChI is InChI=1S/C27H35NO3/c1-14-22(24(2,3)29)30-20-10-11-25(4)19(27(20)23(14)31-27)13-15-12-17-16-8-6-7-9-18(16)28-21(17)26(15,25)5/h6-9,14-15,19-20,22-23,28-29H,10-13H2,1-5H3. The zero-order chi connectivity index (χ0) is 21.6. The molecule has 0 amide bonds. The summed E-state index contributed by atoms with van der Waals surface area (Å²) in [5.74, 6) is 1.40. The topological polar surface area (TPSA) is 57.8 Å².